The molecule has 1 amide bonds. The van der Waals surface area contributed by atoms with E-state index < -0.39 is 30.7 Å². The Bertz CT molecular complexity index is 454. The van der Waals surface area contributed by atoms with Crippen LogP contribution >= 0.6 is 0 Å². The smallest absolute Gasteiger partial charge is 0.330 e. The van der Waals surface area contributed by atoms with Crippen molar-refractivity contribution in [1.82, 2.24) is 4.90 Å². The van der Waals surface area contributed by atoms with Gasteiger partial charge < -0.3 is 10.6 Å². The van der Waals surface area contributed by atoms with Crippen LogP contribution in [0, 0.1) is 6.92 Å². The number of nitrogens with zero attached hydrogens (tertiary/aromatic N) is 1. The molecule has 3 nitrogen and oxygen atoms in total. The monoisotopic (exact) mass is 288 g/mol. The van der Waals surface area contributed by atoms with Crippen molar-refractivity contribution in [2.75, 3.05) is 6.54 Å². The molecule has 0 radical (unpaired) electrons. The molecular weight excluding hydrogens is 269 g/mol. The van der Waals surface area contributed by atoms with Crippen molar-refractivity contribution in [3.63, 3.8) is 0 Å². The van der Waals surface area contributed by atoms with E-state index in [2.05, 4.69) is 0 Å². The van der Waals surface area contributed by atoms with Crippen LogP contribution in [0.25, 0.3) is 0 Å². The lowest BCUT2D eigenvalue weighted by atomic mass is 10.0. The molecular formula is C14H19F3N2O. The van der Waals surface area contributed by atoms with Crippen molar-refractivity contribution in [3.05, 3.63) is 35.4 Å². The van der Waals surface area contributed by atoms with Gasteiger partial charge in [0.05, 0.1) is 0 Å². The second-order valence-electron chi connectivity index (χ2n) is 5.06. The van der Waals surface area contributed by atoms with Crippen molar-refractivity contribution >= 4 is 5.91 Å². The van der Waals surface area contributed by atoms with Gasteiger partial charge in [0.1, 0.15) is 12.6 Å². The quantitative estimate of drug-likeness (QED) is 0.926. The molecule has 2 N–H and O–H groups in total. The molecule has 1 aromatic rings. The summed E-state index contributed by atoms with van der Waals surface area (Å²) in [6.07, 6.45) is -4.44. The summed E-state index contributed by atoms with van der Waals surface area (Å²) in [5, 5.41) is 0. The van der Waals surface area contributed by atoms with Crippen LogP contribution in [0.15, 0.2) is 24.3 Å². The first-order valence-corrected chi connectivity index (χ1v) is 6.31. The molecule has 1 unspecified atom stereocenters. The summed E-state index contributed by atoms with van der Waals surface area (Å²) in [6.45, 7) is 3.65. The molecule has 0 fully saturated rings. The third-order valence-electron chi connectivity index (χ3n) is 2.96. The second kappa shape index (κ2) is 6.26. The molecule has 0 saturated heterocycles. The molecule has 0 aliphatic heterocycles. The van der Waals surface area contributed by atoms with Crippen LogP contribution in [-0.4, -0.2) is 29.6 Å². The summed E-state index contributed by atoms with van der Waals surface area (Å²) in [6, 6.07) is 5.20. The Morgan fingerprint density at radius 1 is 1.25 bits per heavy atom. The van der Waals surface area contributed by atoms with Gasteiger partial charge in [-0.1, -0.05) is 29.8 Å². The number of carbonyl (C=O) groups is 1. The summed E-state index contributed by atoms with van der Waals surface area (Å²) in [7, 11) is 0. The van der Waals surface area contributed by atoms with Crippen LogP contribution in [0.4, 0.5) is 13.2 Å². The number of hydrogen-bond acceptors (Lipinski definition) is 2. The van der Waals surface area contributed by atoms with Crippen LogP contribution in [0.5, 0.6) is 0 Å². The molecule has 0 bridgehead atoms. The van der Waals surface area contributed by atoms with E-state index in [1.807, 2.05) is 6.92 Å². The summed E-state index contributed by atoms with van der Waals surface area (Å²) in [5.41, 5.74) is 7.29. The number of nitrogens with two attached hydrogens (primary N) is 1. The molecule has 1 rings (SSSR count). The van der Waals surface area contributed by atoms with E-state index in [1.54, 1.807) is 24.3 Å². The largest absolute Gasteiger partial charge is 0.406 e. The highest BCUT2D eigenvalue weighted by Crippen LogP contribution is 2.21. The molecule has 6 heteroatoms. The minimum atomic E-state index is -4.44. The van der Waals surface area contributed by atoms with Crippen LogP contribution < -0.4 is 5.73 Å². The minimum absolute atomic E-state index is 0.508. The maximum atomic E-state index is 12.5. The summed E-state index contributed by atoms with van der Waals surface area (Å²) < 4.78 is 37.5. The van der Waals surface area contributed by atoms with E-state index in [0.717, 1.165) is 10.5 Å². The summed E-state index contributed by atoms with van der Waals surface area (Å²) in [5.74, 6) is -0.721. The Balaban J connectivity index is 2.91. The Morgan fingerprint density at radius 3 is 2.15 bits per heavy atom. The molecule has 0 saturated carbocycles. The topological polar surface area (TPSA) is 46.3 Å². The average Bonchev–Trinajstić information content (AvgIpc) is 2.34. The Hall–Kier alpha value is -1.56. The van der Waals surface area contributed by atoms with E-state index >= 15 is 0 Å². The van der Waals surface area contributed by atoms with Crippen molar-refractivity contribution < 1.29 is 18.0 Å². The fourth-order valence-corrected chi connectivity index (χ4v) is 1.80. The van der Waals surface area contributed by atoms with Gasteiger partial charge in [-0.3, -0.25) is 4.79 Å². The van der Waals surface area contributed by atoms with Gasteiger partial charge in [-0.05, 0) is 26.3 Å². The highest BCUT2D eigenvalue weighted by atomic mass is 19.4. The maximum absolute atomic E-state index is 12.5. The lowest BCUT2D eigenvalue weighted by Crippen LogP contribution is -2.47. The standard InChI is InChI=1S/C14H19F3N2O/c1-9(2)19(8-14(15,16)17)13(20)12(18)11-6-4-10(3)5-7-11/h4-7,9,12H,8,18H2,1-3H3. The zero-order valence-electron chi connectivity index (χ0n) is 11.7. The fraction of sp³-hybridized carbons (Fsp3) is 0.500. The second-order valence-corrected chi connectivity index (χ2v) is 5.06. The van der Waals surface area contributed by atoms with Crippen LogP contribution in [-0.2, 0) is 4.79 Å². The Morgan fingerprint density at radius 2 is 1.75 bits per heavy atom. The molecule has 0 aliphatic carbocycles. The molecule has 0 aromatic heterocycles. The first-order chi connectivity index (χ1) is 9.11. The highest BCUT2D eigenvalue weighted by molar-refractivity contribution is 5.83. The van der Waals surface area contributed by atoms with Gasteiger partial charge in [-0.25, -0.2) is 0 Å². The van der Waals surface area contributed by atoms with Gasteiger partial charge in [0.15, 0.2) is 0 Å². The van der Waals surface area contributed by atoms with Crippen LogP contribution in [0.2, 0.25) is 0 Å². The molecule has 0 heterocycles. The molecule has 0 aliphatic rings. The van der Waals surface area contributed by atoms with Crippen molar-refractivity contribution in [3.8, 4) is 0 Å². The SMILES string of the molecule is Cc1ccc(C(N)C(=O)N(CC(F)(F)F)C(C)C)cc1. The van der Waals surface area contributed by atoms with Gasteiger partial charge in [0.2, 0.25) is 5.91 Å². The van der Waals surface area contributed by atoms with Crippen molar-refractivity contribution in [1.29, 1.82) is 0 Å². The third-order valence-corrected chi connectivity index (χ3v) is 2.96. The molecule has 20 heavy (non-hydrogen) atoms. The first kappa shape index (κ1) is 16.5. The summed E-state index contributed by atoms with van der Waals surface area (Å²) >= 11 is 0. The number of carbonyl (C=O) groups excluding carboxylic acids is 1. The van der Waals surface area contributed by atoms with Crippen molar-refractivity contribution in [2.45, 2.75) is 39.0 Å². The Kier molecular flexibility index (Phi) is 5.16. The number of amides is 1. The Labute approximate surface area is 116 Å². The predicted molar refractivity (Wildman–Crippen MR) is 71.0 cm³/mol. The lowest BCUT2D eigenvalue weighted by molar-refractivity contribution is -0.165. The number of benzene rings is 1. The van der Waals surface area contributed by atoms with Crippen molar-refractivity contribution in [2.24, 2.45) is 5.73 Å². The summed E-state index contributed by atoms with van der Waals surface area (Å²) in [4.78, 5) is 12.9. The molecule has 112 valence electrons. The normalized spacial score (nSPS) is 13.4. The first-order valence-electron chi connectivity index (χ1n) is 6.31. The minimum Gasteiger partial charge on any atom is -0.330 e. The zero-order chi connectivity index (χ0) is 15.5. The van der Waals surface area contributed by atoms with E-state index in [-0.39, 0.29) is 0 Å². The van der Waals surface area contributed by atoms with Crippen LogP contribution in [0.1, 0.15) is 31.0 Å². The van der Waals surface area contributed by atoms with Gasteiger partial charge >= 0.3 is 6.18 Å². The zero-order valence-corrected chi connectivity index (χ0v) is 11.7. The number of hydrogen-bond donors (Lipinski definition) is 1. The number of aryl methyl sites for hydroxylation is 1. The number of alkyl halides is 3. The molecule has 1 aromatic carbocycles. The lowest BCUT2D eigenvalue weighted by Gasteiger charge is -2.30. The van der Waals surface area contributed by atoms with Gasteiger partial charge in [0, 0.05) is 6.04 Å². The van der Waals surface area contributed by atoms with Gasteiger partial charge in [0.25, 0.3) is 0 Å². The third kappa shape index (κ3) is 4.52. The maximum Gasteiger partial charge on any atom is 0.406 e. The van der Waals surface area contributed by atoms with E-state index in [9.17, 15) is 18.0 Å². The molecule has 1 atom stereocenters. The highest BCUT2D eigenvalue weighted by Gasteiger charge is 2.36. The predicted octanol–water partition coefficient (Wildman–Crippen LogP) is 2.79. The van der Waals surface area contributed by atoms with Gasteiger partial charge in [-0.15, -0.1) is 0 Å². The van der Waals surface area contributed by atoms with E-state index in [4.69, 9.17) is 5.73 Å². The van der Waals surface area contributed by atoms with Gasteiger partial charge in [-0.2, -0.15) is 13.2 Å². The fourth-order valence-electron chi connectivity index (χ4n) is 1.80. The number of halogens is 3. The number of rotatable bonds is 4. The average molecular weight is 288 g/mol. The van der Waals surface area contributed by atoms with E-state index in [0.29, 0.717) is 5.56 Å². The van der Waals surface area contributed by atoms with E-state index in [1.165, 1.54) is 13.8 Å². The van der Waals surface area contributed by atoms with Crippen LogP contribution in [0.3, 0.4) is 0 Å². The molecule has 0 spiro atoms.